The van der Waals surface area contributed by atoms with Gasteiger partial charge in [0.2, 0.25) is 15.9 Å². The molecule has 0 bridgehead atoms. The van der Waals surface area contributed by atoms with Crippen molar-refractivity contribution >= 4 is 15.9 Å². The summed E-state index contributed by atoms with van der Waals surface area (Å²) in [7, 11) is -3.65. The summed E-state index contributed by atoms with van der Waals surface area (Å²) in [6, 6.07) is 14.9. The van der Waals surface area contributed by atoms with Crippen molar-refractivity contribution in [3.63, 3.8) is 0 Å². The number of benzene rings is 2. The smallest absolute Gasteiger partial charge is 0.240 e. The van der Waals surface area contributed by atoms with Crippen molar-refractivity contribution in [3.8, 4) is 5.69 Å². The van der Waals surface area contributed by atoms with Gasteiger partial charge in [-0.15, -0.1) is 0 Å². The Morgan fingerprint density at radius 3 is 2.58 bits per heavy atom. The molecule has 1 heterocycles. The Labute approximate surface area is 195 Å². The van der Waals surface area contributed by atoms with Crippen LogP contribution in [0.5, 0.6) is 0 Å². The van der Waals surface area contributed by atoms with Gasteiger partial charge in [-0.2, -0.15) is 5.10 Å². The number of hydrogen-bond donors (Lipinski definition) is 2. The number of amides is 1. The minimum atomic E-state index is -3.65. The number of carbonyl (C=O) groups is 1. The maximum absolute atomic E-state index is 12.7. The number of para-hydroxylation sites is 1. The van der Waals surface area contributed by atoms with Gasteiger partial charge in [0.1, 0.15) is 0 Å². The molecule has 8 heteroatoms. The second-order valence-electron chi connectivity index (χ2n) is 8.51. The highest BCUT2D eigenvalue weighted by Gasteiger charge is 2.19. The first-order valence-electron chi connectivity index (χ1n) is 11.4. The lowest BCUT2D eigenvalue weighted by Gasteiger charge is -2.17. The second-order valence-corrected chi connectivity index (χ2v) is 10.3. The van der Waals surface area contributed by atoms with Gasteiger partial charge in [-0.05, 0) is 74.9 Å². The molecule has 7 nitrogen and oxygen atoms in total. The van der Waals surface area contributed by atoms with E-state index < -0.39 is 10.0 Å². The minimum absolute atomic E-state index is 0.0419. The van der Waals surface area contributed by atoms with Crippen molar-refractivity contribution in [3.05, 3.63) is 77.1 Å². The molecule has 1 unspecified atom stereocenters. The standard InChI is InChI=1S/C25H30N4O3S/c1-18(24-17-26-29(19(24)2)22-10-4-3-5-11-22)28-25(30)14-15-27-33(31,32)23-13-12-20-8-6-7-9-21(20)16-23/h3-5,10-13,16-18,27H,6-9,14-15H2,1-2H3,(H,28,30). The van der Waals surface area contributed by atoms with Crippen LogP contribution < -0.4 is 10.0 Å². The Hall–Kier alpha value is -2.97. The first-order chi connectivity index (χ1) is 15.8. The molecule has 2 N–H and O–H groups in total. The Morgan fingerprint density at radius 2 is 1.82 bits per heavy atom. The van der Waals surface area contributed by atoms with Gasteiger partial charge >= 0.3 is 0 Å². The molecule has 0 saturated heterocycles. The van der Waals surface area contributed by atoms with Crippen molar-refractivity contribution in [2.24, 2.45) is 0 Å². The number of aryl methyl sites for hydroxylation is 2. The van der Waals surface area contributed by atoms with E-state index in [2.05, 4.69) is 15.1 Å². The van der Waals surface area contributed by atoms with Crippen LogP contribution in [0.25, 0.3) is 5.69 Å². The quantitative estimate of drug-likeness (QED) is 0.530. The van der Waals surface area contributed by atoms with Gasteiger partial charge in [0, 0.05) is 24.2 Å². The summed E-state index contributed by atoms with van der Waals surface area (Å²) in [5.74, 6) is -0.220. The van der Waals surface area contributed by atoms with Gasteiger partial charge in [0.05, 0.1) is 22.8 Å². The zero-order valence-corrected chi connectivity index (χ0v) is 19.9. The molecular weight excluding hydrogens is 436 g/mol. The van der Waals surface area contributed by atoms with Gasteiger partial charge in [0.15, 0.2) is 0 Å². The van der Waals surface area contributed by atoms with E-state index in [1.807, 2.05) is 54.9 Å². The maximum atomic E-state index is 12.7. The number of fused-ring (bicyclic) bond motifs is 1. The van der Waals surface area contributed by atoms with E-state index in [0.717, 1.165) is 48.2 Å². The highest BCUT2D eigenvalue weighted by Crippen LogP contribution is 2.24. The van der Waals surface area contributed by atoms with Crippen LogP contribution >= 0.6 is 0 Å². The highest BCUT2D eigenvalue weighted by molar-refractivity contribution is 7.89. The summed E-state index contributed by atoms with van der Waals surface area (Å²) in [4.78, 5) is 12.7. The maximum Gasteiger partial charge on any atom is 0.240 e. The monoisotopic (exact) mass is 466 g/mol. The number of nitrogens with zero attached hydrogens (tertiary/aromatic N) is 2. The molecule has 0 fully saturated rings. The van der Waals surface area contributed by atoms with Crippen LogP contribution in [-0.2, 0) is 27.7 Å². The summed E-state index contributed by atoms with van der Waals surface area (Å²) in [6.07, 6.45) is 5.97. The minimum Gasteiger partial charge on any atom is -0.349 e. The van der Waals surface area contributed by atoms with Crippen LogP contribution in [0, 0.1) is 6.92 Å². The predicted octanol–water partition coefficient (Wildman–Crippen LogP) is 3.61. The lowest BCUT2D eigenvalue weighted by molar-refractivity contribution is -0.121. The van der Waals surface area contributed by atoms with Crippen LogP contribution in [0.15, 0.2) is 59.6 Å². The van der Waals surface area contributed by atoms with Gasteiger partial charge in [-0.25, -0.2) is 17.8 Å². The Kier molecular flexibility index (Phi) is 6.95. The molecule has 0 saturated carbocycles. The molecule has 1 amide bonds. The summed E-state index contributed by atoms with van der Waals surface area (Å²) in [5, 5.41) is 7.39. The van der Waals surface area contributed by atoms with E-state index in [0.29, 0.717) is 0 Å². The number of rotatable bonds is 8. The van der Waals surface area contributed by atoms with E-state index in [-0.39, 0.29) is 29.8 Å². The lowest BCUT2D eigenvalue weighted by Crippen LogP contribution is -2.32. The number of aromatic nitrogens is 2. The van der Waals surface area contributed by atoms with Gasteiger partial charge in [-0.1, -0.05) is 24.3 Å². The number of hydrogen-bond acceptors (Lipinski definition) is 4. The third-order valence-corrected chi connectivity index (χ3v) is 7.63. The van der Waals surface area contributed by atoms with Crippen molar-refractivity contribution in [2.45, 2.75) is 56.9 Å². The number of carbonyl (C=O) groups excluding carboxylic acids is 1. The Morgan fingerprint density at radius 1 is 1.09 bits per heavy atom. The molecule has 2 aromatic carbocycles. The van der Waals surface area contributed by atoms with Crippen LogP contribution in [0.2, 0.25) is 0 Å². The fourth-order valence-corrected chi connectivity index (χ4v) is 5.41. The molecule has 33 heavy (non-hydrogen) atoms. The average molecular weight is 467 g/mol. The molecule has 1 aliphatic rings. The van der Waals surface area contributed by atoms with Crippen molar-refractivity contribution in [2.75, 3.05) is 6.54 Å². The van der Waals surface area contributed by atoms with E-state index in [9.17, 15) is 13.2 Å². The number of nitrogens with one attached hydrogen (secondary N) is 2. The fourth-order valence-electron chi connectivity index (χ4n) is 4.33. The van der Waals surface area contributed by atoms with E-state index in [1.165, 1.54) is 5.56 Å². The molecule has 0 spiro atoms. The van der Waals surface area contributed by atoms with E-state index in [4.69, 9.17) is 0 Å². The van der Waals surface area contributed by atoms with E-state index in [1.54, 1.807) is 18.3 Å². The van der Waals surface area contributed by atoms with Crippen LogP contribution in [0.3, 0.4) is 0 Å². The summed E-state index contributed by atoms with van der Waals surface area (Å²) >= 11 is 0. The normalized spacial score (nSPS) is 14.5. The molecule has 0 radical (unpaired) electrons. The molecule has 0 aliphatic heterocycles. The Bertz CT molecular complexity index is 1240. The van der Waals surface area contributed by atoms with Crippen LogP contribution in [0.4, 0.5) is 0 Å². The lowest BCUT2D eigenvalue weighted by atomic mass is 9.92. The average Bonchev–Trinajstić information content (AvgIpc) is 3.20. The van der Waals surface area contributed by atoms with Gasteiger partial charge in [0.25, 0.3) is 0 Å². The molecule has 1 atom stereocenters. The Balaban J connectivity index is 1.32. The first kappa shape index (κ1) is 23.2. The number of sulfonamides is 1. The van der Waals surface area contributed by atoms with Crippen molar-refractivity contribution < 1.29 is 13.2 Å². The SMILES string of the molecule is Cc1c(C(C)NC(=O)CCNS(=O)(=O)c2ccc3c(c2)CCCC3)cnn1-c1ccccc1. The molecular formula is C25H30N4O3S. The topological polar surface area (TPSA) is 93.1 Å². The zero-order chi connectivity index (χ0) is 23.4. The van der Waals surface area contributed by atoms with Gasteiger partial charge in [-0.3, -0.25) is 4.79 Å². The molecule has 1 aliphatic carbocycles. The molecule has 3 aromatic rings. The van der Waals surface area contributed by atoms with Crippen molar-refractivity contribution in [1.82, 2.24) is 19.8 Å². The second kappa shape index (κ2) is 9.89. The first-order valence-corrected chi connectivity index (χ1v) is 12.8. The third kappa shape index (κ3) is 5.34. The predicted molar refractivity (Wildman–Crippen MR) is 128 cm³/mol. The van der Waals surface area contributed by atoms with E-state index >= 15 is 0 Å². The molecule has 174 valence electrons. The van der Waals surface area contributed by atoms with Crippen LogP contribution in [0.1, 0.15) is 54.6 Å². The van der Waals surface area contributed by atoms with Crippen molar-refractivity contribution in [1.29, 1.82) is 0 Å². The van der Waals surface area contributed by atoms with Crippen LogP contribution in [-0.4, -0.2) is 30.7 Å². The summed E-state index contributed by atoms with van der Waals surface area (Å²) < 4.78 is 29.7. The largest absolute Gasteiger partial charge is 0.349 e. The third-order valence-electron chi connectivity index (χ3n) is 6.17. The fraction of sp³-hybridized carbons (Fsp3) is 0.360. The summed E-state index contributed by atoms with van der Waals surface area (Å²) in [5.41, 5.74) is 5.17. The molecule has 1 aromatic heterocycles. The summed E-state index contributed by atoms with van der Waals surface area (Å²) in [6.45, 7) is 3.90. The highest BCUT2D eigenvalue weighted by atomic mass is 32.2. The van der Waals surface area contributed by atoms with Gasteiger partial charge < -0.3 is 5.32 Å². The molecule has 4 rings (SSSR count). The zero-order valence-electron chi connectivity index (χ0n) is 19.0.